The van der Waals surface area contributed by atoms with Gasteiger partial charge in [-0.2, -0.15) is 0 Å². The van der Waals surface area contributed by atoms with E-state index in [-0.39, 0.29) is 0 Å². The van der Waals surface area contributed by atoms with Crippen molar-refractivity contribution in [1.29, 1.82) is 0 Å². The Labute approximate surface area is 32.8 Å². The molecule has 0 atom stereocenters. The fourth-order valence-corrected chi connectivity index (χ4v) is 0. The van der Waals surface area contributed by atoms with Gasteiger partial charge in [-0.3, -0.25) is 0 Å². The van der Waals surface area contributed by atoms with E-state index in [0.29, 0.717) is 0 Å². The van der Waals surface area contributed by atoms with E-state index in [4.69, 9.17) is 0 Å². The second-order valence-corrected chi connectivity index (χ2v) is 0.519. The van der Waals surface area contributed by atoms with E-state index in [1.807, 2.05) is 0 Å². The van der Waals surface area contributed by atoms with Crippen molar-refractivity contribution in [3.8, 4) is 0 Å². The molecule has 4 heavy (non-hydrogen) atoms. The molecule has 0 aliphatic rings. The van der Waals surface area contributed by atoms with Crippen LogP contribution in [0.25, 0.3) is 0 Å². The Hall–Kier alpha value is 0.522. The standard InChI is InChI=1S/BF2.Li/c2-1-3;/q+1;-1. The molecule has 0 saturated heterocycles. The summed E-state index contributed by atoms with van der Waals surface area (Å²) < 4.78 is 20.7. The quantitative estimate of drug-likeness (QED) is 0.344. The van der Waals surface area contributed by atoms with Crippen LogP contribution in [0.15, 0.2) is 0 Å². The first-order valence-corrected chi connectivity index (χ1v) is 1.01. The number of rotatable bonds is 0. The molecule has 0 N–H and O–H groups in total. The SMILES string of the molecule is [Li][B](F)F. The third-order valence-corrected chi connectivity index (χ3v) is 0. The molecule has 4 heteroatoms. The van der Waals surface area contributed by atoms with E-state index < -0.39 is 5.84 Å². The van der Waals surface area contributed by atoms with Crippen molar-refractivity contribution in [2.24, 2.45) is 0 Å². The van der Waals surface area contributed by atoms with Crippen molar-refractivity contribution < 1.29 is 8.63 Å². The maximum atomic E-state index is 10.3. The zero-order chi connectivity index (χ0) is 3.58. The van der Waals surface area contributed by atoms with Crippen LogP contribution in [0.5, 0.6) is 0 Å². The van der Waals surface area contributed by atoms with Crippen LogP contribution in [-0.4, -0.2) is 23.4 Å². The summed E-state index contributed by atoms with van der Waals surface area (Å²) in [5.74, 6) is -2.17. The zero-order valence-corrected chi connectivity index (χ0v) is 2.33. The summed E-state index contributed by atoms with van der Waals surface area (Å²) in [7, 11) is 0. The normalized spacial score (nSPS) is 7.00. The average molecular weight is 55.7 g/mol. The van der Waals surface area contributed by atoms with E-state index in [9.17, 15) is 8.63 Å². The van der Waals surface area contributed by atoms with Gasteiger partial charge in [0.25, 0.3) is 0 Å². The molecule has 0 aliphatic carbocycles. The minimum atomic E-state index is -2.17. The summed E-state index contributed by atoms with van der Waals surface area (Å²) in [6.45, 7) is 0. The van der Waals surface area contributed by atoms with Crippen LogP contribution in [0, 0.1) is 0 Å². The number of hydrogen-bond donors (Lipinski definition) is 0. The Kier molecular flexibility index (Phi) is 2.04. The minimum absolute atomic E-state index is 0.833. The Morgan fingerprint density at radius 2 is 1.50 bits per heavy atom. The molecule has 0 aromatic rings. The summed E-state index contributed by atoms with van der Waals surface area (Å²) >= 11 is 0.833. The van der Waals surface area contributed by atoms with E-state index in [1.165, 1.54) is 0 Å². The summed E-state index contributed by atoms with van der Waals surface area (Å²) in [6.07, 6.45) is 0. The Balaban J connectivity index is 2.32. The van der Waals surface area contributed by atoms with Gasteiger partial charge < -0.3 is 0 Å². The van der Waals surface area contributed by atoms with E-state index in [1.54, 1.807) is 0 Å². The van der Waals surface area contributed by atoms with Gasteiger partial charge in [0, 0.05) is 0 Å². The van der Waals surface area contributed by atoms with Crippen molar-refractivity contribution in [3.05, 3.63) is 0 Å². The topological polar surface area (TPSA) is 0 Å². The van der Waals surface area contributed by atoms with Gasteiger partial charge in [-0.15, -0.1) is 0 Å². The van der Waals surface area contributed by atoms with Crippen LogP contribution in [0.3, 0.4) is 0 Å². The first-order valence-electron chi connectivity index (χ1n) is 1.01. The fraction of sp³-hybridized carbons (Fsp3) is 0. The molecule has 0 spiro atoms. The van der Waals surface area contributed by atoms with Gasteiger partial charge in [-0.25, -0.2) is 0 Å². The second kappa shape index (κ2) is 1.81. The molecule has 0 bridgehead atoms. The van der Waals surface area contributed by atoms with Gasteiger partial charge in [0.15, 0.2) is 0 Å². The van der Waals surface area contributed by atoms with Crippen molar-refractivity contribution in [3.63, 3.8) is 0 Å². The monoisotopic (exact) mass is 56.0 g/mol. The molecule has 0 heterocycles. The van der Waals surface area contributed by atoms with Crippen LogP contribution in [0.4, 0.5) is 8.63 Å². The molecule has 18 valence electrons. The maximum absolute atomic E-state index is 10.3. The van der Waals surface area contributed by atoms with Gasteiger partial charge in [0.2, 0.25) is 0 Å². The van der Waals surface area contributed by atoms with E-state index in [0.717, 1.165) is 17.5 Å². The summed E-state index contributed by atoms with van der Waals surface area (Å²) in [5, 5.41) is 0. The molecule has 0 unspecified atom stereocenters. The summed E-state index contributed by atoms with van der Waals surface area (Å²) in [6, 6.07) is 0. The number of hydrogen-bond acceptors (Lipinski definition) is 0. The van der Waals surface area contributed by atoms with Crippen LogP contribution < -0.4 is 0 Å². The Morgan fingerprint density at radius 1 is 1.50 bits per heavy atom. The molecule has 0 radical (unpaired) electrons. The van der Waals surface area contributed by atoms with Gasteiger partial charge in [0.1, 0.15) is 0 Å². The fourth-order valence-electron chi connectivity index (χ4n) is 0. The van der Waals surface area contributed by atoms with Crippen molar-refractivity contribution in [1.82, 2.24) is 0 Å². The summed E-state index contributed by atoms with van der Waals surface area (Å²) in [4.78, 5) is 0. The molecule has 0 rings (SSSR count). The predicted molar refractivity (Wildman–Crippen MR) is 13.7 cm³/mol. The van der Waals surface area contributed by atoms with E-state index >= 15 is 0 Å². The Morgan fingerprint density at radius 3 is 1.50 bits per heavy atom. The molecule has 0 nitrogen and oxygen atoms in total. The average Bonchev–Trinajstić information content (AvgIpc) is 0.811. The molecule has 0 aromatic carbocycles. The van der Waals surface area contributed by atoms with Crippen molar-refractivity contribution in [2.75, 3.05) is 0 Å². The van der Waals surface area contributed by atoms with E-state index in [2.05, 4.69) is 0 Å². The van der Waals surface area contributed by atoms with Gasteiger partial charge in [-0.1, -0.05) is 0 Å². The molecule has 0 amide bonds. The third kappa shape index (κ3) is 21.4. The number of halogens is 2. The van der Waals surface area contributed by atoms with Crippen LogP contribution in [0.1, 0.15) is 0 Å². The molecule has 0 aliphatic heterocycles. The predicted octanol–water partition coefficient (Wildman–Crippen LogP) is 0.0788. The van der Waals surface area contributed by atoms with Gasteiger partial charge >= 0.3 is 32.0 Å². The Bertz CT molecular complexity index is 10.8. The second-order valence-electron chi connectivity index (χ2n) is 0.519. The van der Waals surface area contributed by atoms with Crippen LogP contribution in [-0.2, 0) is 0 Å². The van der Waals surface area contributed by atoms with Gasteiger partial charge in [-0.05, 0) is 0 Å². The van der Waals surface area contributed by atoms with Crippen molar-refractivity contribution in [2.45, 2.75) is 0 Å². The third-order valence-electron chi connectivity index (χ3n) is 0. The molecular weight excluding hydrogens is 55.7 g/mol. The zero-order valence-electron chi connectivity index (χ0n) is 2.33. The molecule has 0 aromatic heterocycles. The summed E-state index contributed by atoms with van der Waals surface area (Å²) in [5.41, 5.74) is 0. The van der Waals surface area contributed by atoms with Crippen molar-refractivity contribution >= 4 is 23.4 Å². The van der Waals surface area contributed by atoms with Crippen LogP contribution in [0.2, 0.25) is 0 Å². The van der Waals surface area contributed by atoms with Gasteiger partial charge in [0.05, 0.1) is 0 Å². The van der Waals surface area contributed by atoms with Crippen LogP contribution >= 0.6 is 0 Å². The molecular formula is BF2Li. The first kappa shape index (κ1) is 4.52. The molecule has 0 fully saturated rings. The molecule has 0 saturated carbocycles. The first-order chi connectivity index (χ1) is 1.73.